The molecule has 1 aromatic carbocycles. The lowest BCUT2D eigenvalue weighted by Gasteiger charge is -2.34. The van der Waals surface area contributed by atoms with E-state index in [0.29, 0.717) is 5.69 Å². The zero-order valence-electron chi connectivity index (χ0n) is 12.1. The van der Waals surface area contributed by atoms with Crippen LogP contribution in [0.15, 0.2) is 24.3 Å². The Morgan fingerprint density at radius 2 is 1.52 bits per heavy atom. The van der Waals surface area contributed by atoms with Crippen LogP contribution < -0.4 is 5.32 Å². The highest BCUT2D eigenvalue weighted by atomic mass is 19.4. The van der Waals surface area contributed by atoms with Crippen LogP contribution in [0.25, 0.3) is 0 Å². The molecule has 0 radical (unpaired) electrons. The van der Waals surface area contributed by atoms with Gasteiger partial charge in [-0.15, -0.1) is 0 Å². The van der Waals surface area contributed by atoms with Crippen molar-refractivity contribution in [1.82, 2.24) is 9.80 Å². The van der Waals surface area contributed by atoms with Gasteiger partial charge in [-0.3, -0.25) is 4.79 Å². The van der Waals surface area contributed by atoms with Crippen molar-refractivity contribution in [2.24, 2.45) is 0 Å². The Bertz CT molecular complexity index is 566. The van der Waals surface area contributed by atoms with E-state index in [4.69, 9.17) is 0 Å². The molecular formula is C14H15F4N3O2. The summed E-state index contributed by atoms with van der Waals surface area (Å²) in [6, 6.07) is 4.75. The Kier molecular flexibility index (Phi) is 5.07. The first-order valence-electron chi connectivity index (χ1n) is 6.90. The second kappa shape index (κ2) is 6.84. The van der Waals surface area contributed by atoms with Gasteiger partial charge in [0, 0.05) is 31.9 Å². The molecule has 1 aliphatic heterocycles. The van der Waals surface area contributed by atoms with Crippen molar-refractivity contribution in [3.8, 4) is 0 Å². The van der Waals surface area contributed by atoms with E-state index in [-0.39, 0.29) is 26.2 Å². The van der Waals surface area contributed by atoms with Crippen LogP contribution in [0.4, 0.5) is 28.0 Å². The van der Waals surface area contributed by atoms with E-state index >= 15 is 0 Å². The highest BCUT2D eigenvalue weighted by molar-refractivity contribution is 5.89. The van der Waals surface area contributed by atoms with Crippen LogP contribution in [-0.4, -0.2) is 54.1 Å². The van der Waals surface area contributed by atoms with Crippen LogP contribution >= 0.6 is 0 Å². The number of carbonyl (C=O) groups excluding carboxylic acids is 2. The molecule has 23 heavy (non-hydrogen) atoms. The molecule has 2 rings (SSSR count). The number of carbonyl (C=O) groups is 2. The highest BCUT2D eigenvalue weighted by Crippen LogP contribution is 2.21. The molecular weight excluding hydrogens is 318 g/mol. The zero-order chi connectivity index (χ0) is 17.0. The van der Waals surface area contributed by atoms with E-state index in [1.54, 1.807) is 0 Å². The van der Waals surface area contributed by atoms with Gasteiger partial charge in [-0.05, 0) is 24.3 Å². The maximum atomic E-state index is 12.8. The molecule has 0 aromatic heterocycles. The molecule has 0 aliphatic carbocycles. The van der Waals surface area contributed by atoms with Gasteiger partial charge in [-0.2, -0.15) is 13.2 Å². The van der Waals surface area contributed by atoms with E-state index in [2.05, 4.69) is 5.32 Å². The summed E-state index contributed by atoms with van der Waals surface area (Å²) in [7, 11) is 0. The minimum atomic E-state index is -4.53. The topological polar surface area (TPSA) is 52.7 Å². The molecule has 1 aliphatic rings. The molecule has 0 unspecified atom stereocenters. The number of anilines is 1. The summed E-state index contributed by atoms with van der Waals surface area (Å²) in [4.78, 5) is 25.9. The molecule has 3 amide bonds. The Morgan fingerprint density at radius 3 is 2.04 bits per heavy atom. The van der Waals surface area contributed by atoms with Crippen LogP contribution in [0.3, 0.4) is 0 Å². The second-order valence-corrected chi connectivity index (χ2v) is 5.10. The van der Waals surface area contributed by atoms with Gasteiger partial charge in [0.1, 0.15) is 12.2 Å². The lowest BCUT2D eigenvalue weighted by molar-refractivity contribution is -0.162. The van der Waals surface area contributed by atoms with E-state index in [1.165, 1.54) is 29.2 Å². The number of rotatable bonds is 2. The van der Waals surface area contributed by atoms with Crippen LogP contribution in [-0.2, 0) is 4.79 Å². The van der Waals surface area contributed by atoms with Crippen molar-refractivity contribution in [3.05, 3.63) is 30.1 Å². The second-order valence-electron chi connectivity index (χ2n) is 5.10. The van der Waals surface area contributed by atoms with Gasteiger partial charge in [0.15, 0.2) is 0 Å². The largest absolute Gasteiger partial charge is 0.397 e. The molecule has 1 heterocycles. The number of nitrogens with zero attached hydrogens (tertiary/aromatic N) is 2. The lowest BCUT2D eigenvalue weighted by Crippen LogP contribution is -2.52. The molecule has 1 aromatic rings. The summed E-state index contributed by atoms with van der Waals surface area (Å²) in [5, 5.41) is 2.56. The van der Waals surface area contributed by atoms with Crippen molar-refractivity contribution in [2.75, 3.05) is 31.5 Å². The smallest absolute Gasteiger partial charge is 0.339 e. The van der Waals surface area contributed by atoms with Crippen molar-refractivity contribution >= 4 is 17.6 Å². The third-order valence-electron chi connectivity index (χ3n) is 3.37. The Labute approximate surface area is 129 Å². The molecule has 0 bridgehead atoms. The Hall–Kier alpha value is -2.32. The molecule has 0 atom stereocenters. The van der Waals surface area contributed by atoms with Crippen LogP contribution in [0.2, 0.25) is 0 Å². The first-order valence-corrected chi connectivity index (χ1v) is 6.90. The monoisotopic (exact) mass is 333 g/mol. The molecule has 126 valence electrons. The van der Waals surface area contributed by atoms with Gasteiger partial charge in [0.05, 0.1) is 0 Å². The Balaban J connectivity index is 1.83. The van der Waals surface area contributed by atoms with Crippen LogP contribution in [0, 0.1) is 5.82 Å². The molecule has 1 N–H and O–H groups in total. The molecule has 0 spiro atoms. The van der Waals surface area contributed by atoms with Crippen molar-refractivity contribution < 1.29 is 27.2 Å². The summed E-state index contributed by atoms with van der Waals surface area (Å²) in [6.07, 6.45) is -6.02. The maximum absolute atomic E-state index is 12.8. The average Bonchev–Trinajstić information content (AvgIpc) is 2.48. The molecule has 5 nitrogen and oxygen atoms in total. The number of halogens is 4. The number of hydrogen-bond acceptors (Lipinski definition) is 2. The van der Waals surface area contributed by atoms with Crippen molar-refractivity contribution in [2.45, 2.75) is 12.6 Å². The molecule has 0 saturated carbocycles. The van der Waals surface area contributed by atoms with Gasteiger partial charge >= 0.3 is 12.2 Å². The third-order valence-corrected chi connectivity index (χ3v) is 3.37. The fourth-order valence-corrected chi connectivity index (χ4v) is 2.18. The summed E-state index contributed by atoms with van der Waals surface area (Å²) < 4.78 is 49.3. The van der Waals surface area contributed by atoms with Gasteiger partial charge < -0.3 is 15.1 Å². The highest BCUT2D eigenvalue weighted by Gasteiger charge is 2.34. The number of alkyl halides is 3. The first-order chi connectivity index (χ1) is 10.7. The van der Waals surface area contributed by atoms with Crippen LogP contribution in [0.5, 0.6) is 0 Å². The summed E-state index contributed by atoms with van der Waals surface area (Å²) in [5.41, 5.74) is 0.409. The average molecular weight is 333 g/mol. The number of benzene rings is 1. The van der Waals surface area contributed by atoms with Gasteiger partial charge in [-0.1, -0.05) is 0 Å². The SMILES string of the molecule is O=C(CC(F)(F)F)N1CCN(C(=O)Nc2ccc(F)cc2)CC1. The quantitative estimate of drug-likeness (QED) is 0.846. The predicted molar refractivity (Wildman–Crippen MR) is 74.2 cm³/mol. The zero-order valence-corrected chi connectivity index (χ0v) is 12.1. The molecule has 1 saturated heterocycles. The number of nitrogens with one attached hydrogen (secondary N) is 1. The summed E-state index contributed by atoms with van der Waals surface area (Å²) in [6.45, 7) is 0.366. The van der Waals surface area contributed by atoms with Gasteiger partial charge in [0.25, 0.3) is 0 Å². The van der Waals surface area contributed by atoms with E-state index < -0.39 is 30.4 Å². The summed E-state index contributed by atoms with van der Waals surface area (Å²) >= 11 is 0. The van der Waals surface area contributed by atoms with E-state index in [0.717, 1.165) is 4.90 Å². The van der Waals surface area contributed by atoms with Gasteiger partial charge in [0.2, 0.25) is 5.91 Å². The lowest BCUT2D eigenvalue weighted by atomic mass is 10.2. The standard InChI is InChI=1S/C14H15F4N3O2/c15-10-1-3-11(4-2-10)19-13(23)21-7-5-20(6-8-21)12(22)9-14(16,17)18/h1-4H,5-9H2,(H,19,23). The molecule has 9 heteroatoms. The number of urea groups is 1. The minimum Gasteiger partial charge on any atom is -0.339 e. The van der Waals surface area contributed by atoms with E-state index in [1.807, 2.05) is 0 Å². The summed E-state index contributed by atoms with van der Waals surface area (Å²) in [5.74, 6) is -1.42. The third kappa shape index (κ3) is 5.11. The fourth-order valence-electron chi connectivity index (χ4n) is 2.18. The number of piperazine rings is 1. The van der Waals surface area contributed by atoms with Gasteiger partial charge in [-0.25, -0.2) is 9.18 Å². The Morgan fingerprint density at radius 1 is 1.00 bits per heavy atom. The minimum absolute atomic E-state index is 0.0474. The number of amides is 3. The number of hydrogen-bond donors (Lipinski definition) is 1. The van der Waals surface area contributed by atoms with E-state index in [9.17, 15) is 27.2 Å². The van der Waals surface area contributed by atoms with Crippen LogP contribution in [0.1, 0.15) is 6.42 Å². The first kappa shape index (κ1) is 17.0. The normalized spacial score (nSPS) is 15.5. The predicted octanol–water partition coefficient (Wildman–Crippen LogP) is 2.45. The fraction of sp³-hybridized carbons (Fsp3) is 0.429. The maximum Gasteiger partial charge on any atom is 0.397 e. The van der Waals surface area contributed by atoms with Crippen molar-refractivity contribution in [1.29, 1.82) is 0 Å². The van der Waals surface area contributed by atoms with Crippen molar-refractivity contribution in [3.63, 3.8) is 0 Å². The molecule has 1 fully saturated rings.